The molecule has 1 aromatic carbocycles. The highest BCUT2D eigenvalue weighted by molar-refractivity contribution is 9.10. The molecule has 0 fully saturated rings. The normalized spacial score (nSPS) is 13.1. The highest BCUT2D eigenvalue weighted by Gasteiger charge is 2.07. The third kappa shape index (κ3) is 8.37. The Bertz CT molecular complexity index is 551. The van der Waals surface area contributed by atoms with Crippen LogP contribution in [0.1, 0.15) is 5.56 Å². The maximum absolute atomic E-state index is 10.8. The van der Waals surface area contributed by atoms with Crippen LogP contribution in [-0.2, 0) is 10.0 Å². The largest absolute Gasteiger partial charge is 0.490 e. The van der Waals surface area contributed by atoms with E-state index in [0.717, 1.165) is 16.3 Å². The number of hydrogen-bond acceptors (Lipinski definition) is 5. The molecule has 1 unspecified atom stereocenters. The van der Waals surface area contributed by atoms with Crippen LogP contribution < -0.4 is 14.8 Å². The molecule has 0 aromatic heterocycles. The van der Waals surface area contributed by atoms with Gasteiger partial charge in [-0.3, -0.25) is 0 Å². The molecule has 0 heterocycles. The summed E-state index contributed by atoms with van der Waals surface area (Å²) >= 11 is 3.40. The van der Waals surface area contributed by atoms with Crippen LogP contribution in [0.4, 0.5) is 0 Å². The fourth-order valence-corrected chi connectivity index (χ4v) is 2.64. The van der Waals surface area contributed by atoms with Gasteiger partial charge in [0, 0.05) is 19.6 Å². The van der Waals surface area contributed by atoms with E-state index in [1.54, 1.807) is 0 Å². The third-order valence-electron chi connectivity index (χ3n) is 2.56. The molecule has 0 aliphatic carbocycles. The third-order valence-corrected chi connectivity index (χ3v) is 3.91. The Morgan fingerprint density at radius 1 is 1.38 bits per heavy atom. The van der Waals surface area contributed by atoms with Crippen molar-refractivity contribution in [3.63, 3.8) is 0 Å². The smallest absolute Gasteiger partial charge is 0.208 e. The molecule has 21 heavy (non-hydrogen) atoms. The van der Waals surface area contributed by atoms with Crippen molar-refractivity contribution in [2.75, 3.05) is 32.5 Å². The van der Waals surface area contributed by atoms with Crippen molar-refractivity contribution in [1.82, 2.24) is 10.0 Å². The summed E-state index contributed by atoms with van der Waals surface area (Å²) in [4.78, 5) is 0. The molecular formula is C13H21BrN2O4S. The molecule has 0 aliphatic rings. The van der Waals surface area contributed by atoms with Gasteiger partial charge in [-0.2, -0.15) is 0 Å². The number of aryl methyl sites for hydroxylation is 1. The second kappa shape index (κ2) is 8.70. The maximum atomic E-state index is 10.8. The monoisotopic (exact) mass is 380 g/mol. The van der Waals surface area contributed by atoms with Gasteiger partial charge in [0.25, 0.3) is 0 Å². The Morgan fingerprint density at radius 3 is 2.71 bits per heavy atom. The summed E-state index contributed by atoms with van der Waals surface area (Å²) in [5.41, 5.74) is 1.12. The standard InChI is InChI=1S/C13H21BrN2O4S/c1-10-3-4-13(12(14)7-10)20-9-11(17)8-15-5-6-16-21(2,18)19/h3-4,7,11,15-17H,5-6,8-9H2,1-2H3. The number of aliphatic hydroxyl groups excluding tert-OH is 1. The van der Waals surface area contributed by atoms with Crippen LogP contribution in [0.2, 0.25) is 0 Å². The van der Waals surface area contributed by atoms with E-state index in [1.807, 2.05) is 25.1 Å². The number of sulfonamides is 1. The van der Waals surface area contributed by atoms with Crippen LogP contribution in [0.5, 0.6) is 5.75 Å². The lowest BCUT2D eigenvalue weighted by Crippen LogP contribution is -2.36. The van der Waals surface area contributed by atoms with Gasteiger partial charge in [-0.05, 0) is 40.5 Å². The van der Waals surface area contributed by atoms with E-state index in [2.05, 4.69) is 26.0 Å². The molecule has 3 N–H and O–H groups in total. The number of hydrogen-bond donors (Lipinski definition) is 3. The number of nitrogens with one attached hydrogen (secondary N) is 2. The summed E-state index contributed by atoms with van der Waals surface area (Å²) in [6.07, 6.45) is 0.436. The molecule has 0 saturated heterocycles. The molecule has 1 rings (SSSR count). The molecule has 0 spiro atoms. The van der Waals surface area contributed by atoms with Crippen molar-refractivity contribution in [3.8, 4) is 5.75 Å². The van der Waals surface area contributed by atoms with Crippen molar-refractivity contribution in [1.29, 1.82) is 0 Å². The molecule has 0 radical (unpaired) electrons. The summed E-state index contributed by atoms with van der Waals surface area (Å²) in [7, 11) is -3.16. The summed E-state index contributed by atoms with van der Waals surface area (Å²) in [5, 5.41) is 12.7. The predicted molar refractivity (Wildman–Crippen MR) is 86.1 cm³/mol. The molecule has 6 nitrogen and oxygen atoms in total. The van der Waals surface area contributed by atoms with Crippen LogP contribution in [0.25, 0.3) is 0 Å². The van der Waals surface area contributed by atoms with Gasteiger partial charge in [-0.1, -0.05) is 6.07 Å². The molecule has 0 bridgehead atoms. The first-order chi connectivity index (χ1) is 9.78. The summed E-state index contributed by atoms with van der Waals surface area (Å²) < 4.78 is 30.4. The second-order valence-electron chi connectivity index (χ2n) is 4.77. The SMILES string of the molecule is Cc1ccc(OCC(O)CNCCNS(C)(=O)=O)c(Br)c1. The van der Waals surface area contributed by atoms with Crippen LogP contribution in [0.15, 0.2) is 22.7 Å². The van der Waals surface area contributed by atoms with Gasteiger partial charge in [-0.25, -0.2) is 13.1 Å². The van der Waals surface area contributed by atoms with Gasteiger partial charge < -0.3 is 15.2 Å². The van der Waals surface area contributed by atoms with E-state index in [9.17, 15) is 13.5 Å². The van der Waals surface area contributed by atoms with Gasteiger partial charge in [0.2, 0.25) is 10.0 Å². The van der Waals surface area contributed by atoms with Gasteiger partial charge >= 0.3 is 0 Å². The zero-order valence-electron chi connectivity index (χ0n) is 12.1. The van der Waals surface area contributed by atoms with Crippen molar-refractivity contribution >= 4 is 26.0 Å². The van der Waals surface area contributed by atoms with E-state index in [-0.39, 0.29) is 13.2 Å². The van der Waals surface area contributed by atoms with E-state index in [0.29, 0.717) is 18.8 Å². The zero-order chi connectivity index (χ0) is 15.9. The topological polar surface area (TPSA) is 87.7 Å². The average Bonchev–Trinajstić information content (AvgIpc) is 2.36. The van der Waals surface area contributed by atoms with Crippen LogP contribution in [0, 0.1) is 6.92 Å². The van der Waals surface area contributed by atoms with Gasteiger partial charge in [0.05, 0.1) is 10.7 Å². The first kappa shape index (κ1) is 18.4. The number of benzene rings is 1. The van der Waals surface area contributed by atoms with Crippen molar-refractivity contribution in [2.24, 2.45) is 0 Å². The zero-order valence-corrected chi connectivity index (χ0v) is 14.5. The van der Waals surface area contributed by atoms with Gasteiger partial charge in [0.1, 0.15) is 18.5 Å². The van der Waals surface area contributed by atoms with Gasteiger partial charge in [-0.15, -0.1) is 0 Å². The summed E-state index contributed by atoms with van der Waals surface area (Å²) in [5.74, 6) is 0.679. The number of aliphatic hydroxyl groups is 1. The minimum absolute atomic E-state index is 0.161. The van der Waals surface area contributed by atoms with Gasteiger partial charge in [0.15, 0.2) is 0 Å². The first-order valence-electron chi connectivity index (χ1n) is 6.50. The van der Waals surface area contributed by atoms with Crippen LogP contribution >= 0.6 is 15.9 Å². The van der Waals surface area contributed by atoms with Crippen LogP contribution in [-0.4, -0.2) is 52.1 Å². The highest BCUT2D eigenvalue weighted by atomic mass is 79.9. The highest BCUT2D eigenvalue weighted by Crippen LogP contribution is 2.25. The lowest BCUT2D eigenvalue weighted by molar-refractivity contribution is 0.106. The molecule has 1 atom stereocenters. The lowest BCUT2D eigenvalue weighted by Gasteiger charge is -2.14. The molecule has 0 saturated carbocycles. The Kier molecular flexibility index (Phi) is 7.61. The van der Waals surface area contributed by atoms with Crippen molar-refractivity contribution in [2.45, 2.75) is 13.0 Å². The fourth-order valence-electron chi connectivity index (χ4n) is 1.56. The molecule has 1 aromatic rings. The maximum Gasteiger partial charge on any atom is 0.208 e. The van der Waals surface area contributed by atoms with E-state index < -0.39 is 16.1 Å². The van der Waals surface area contributed by atoms with E-state index >= 15 is 0 Å². The van der Waals surface area contributed by atoms with Crippen molar-refractivity contribution < 1.29 is 18.3 Å². The van der Waals surface area contributed by atoms with E-state index in [1.165, 1.54) is 0 Å². The number of ether oxygens (including phenoxy) is 1. The minimum atomic E-state index is -3.16. The quantitative estimate of drug-likeness (QED) is 0.547. The second-order valence-corrected chi connectivity index (χ2v) is 7.46. The molecule has 120 valence electrons. The number of halogens is 1. The molecule has 8 heteroatoms. The number of rotatable bonds is 9. The average molecular weight is 381 g/mol. The summed E-state index contributed by atoms with van der Waals surface area (Å²) in [6, 6.07) is 5.72. The van der Waals surface area contributed by atoms with E-state index in [4.69, 9.17) is 4.74 Å². The van der Waals surface area contributed by atoms with Crippen molar-refractivity contribution in [3.05, 3.63) is 28.2 Å². The molecular weight excluding hydrogens is 360 g/mol. The van der Waals surface area contributed by atoms with Crippen LogP contribution in [0.3, 0.4) is 0 Å². The Hall–Kier alpha value is -0.670. The summed E-state index contributed by atoms with van der Waals surface area (Å²) in [6.45, 7) is 3.20. The predicted octanol–water partition coefficient (Wildman–Crippen LogP) is 0.636. The fraction of sp³-hybridized carbons (Fsp3) is 0.538. The first-order valence-corrected chi connectivity index (χ1v) is 9.19. The minimum Gasteiger partial charge on any atom is -0.490 e. The Morgan fingerprint density at radius 2 is 2.10 bits per heavy atom. The lowest BCUT2D eigenvalue weighted by atomic mass is 10.2. The Balaban J connectivity index is 2.20. The molecule has 0 amide bonds. The Labute approximate surface area is 134 Å². The molecule has 0 aliphatic heterocycles.